The van der Waals surface area contributed by atoms with Gasteiger partial charge in [0, 0.05) is 18.3 Å². The number of amides is 1. The average Bonchev–Trinajstić information content (AvgIpc) is 2.58. The maximum Gasteiger partial charge on any atom is 0.256 e. The average molecular weight is 341 g/mol. The van der Waals surface area contributed by atoms with Crippen LogP contribution >= 0.6 is 0 Å². The van der Waals surface area contributed by atoms with E-state index in [9.17, 15) is 13.2 Å². The molecule has 0 saturated carbocycles. The van der Waals surface area contributed by atoms with E-state index in [1.54, 1.807) is 17.2 Å². The number of nitrogens with zero attached hydrogens (tertiary/aromatic N) is 2. The van der Waals surface area contributed by atoms with Gasteiger partial charge >= 0.3 is 0 Å². The third-order valence-corrected chi connectivity index (χ3v) is 4.59. The minimum Gasteiger partial charge on any atom is -0.341 e. The van der Waals surface area contributed by atoms with Gasteiger partial charge in [-0.3, -0.25) is 4.79 Å². The van der Waals surface area contributed by atoms with Crippen LogP contribution in [-0.2, 0) is 14.8 Å². The minimum atomic E-state index is -3.39. The molecule has 0 aliphatic carbocycles. The van der Waals surface area contributed by atoms with Crippen LogP contribution in [0.2, 0.25) is 0 Å². The molecule has 1 amide bonds. The van der Waals surface area contributed by atoms with E-state index in [0.29, 0.717) is 11.4 Å². The van der Waals surface area contributed by atoms with Gasteiger partial charge in [0.05, 0.1) is 17.9 Å². The zero-order chi connectivity index (χ0) is 17.0. The predicted molar refractivity (Wildman–Crippen MR) is 91.5 cm³/mol. The summed E-state index contributed by atoms with van der Waals surface area (Å²) in [6.07, 6.45) is 4.69. The number of rotatable bonds is 2. The van der Waals surface area contributed by atoms with E-state index in [2.05, 4.69) is 21.6 Å². The van der Waals surface area contributed by atoms with Crippen molar-refractivity contribution >= 4 is 21.8 Å². The van der Waals surface area contributed by atoms with Crippen molar-refractivity contribution < 1.29 is 13.2 Å². The smallest absolute Gasteiger partial charge is 0.256 e. The summed E-state index contributed by atoms with van der Waals surface area (Å²) in [5, 5.41) is 2.72. The molecule has 0 saturated heterocycles. The number of carbonyl (C=O) groups excluding carboxylic acids is 1. The van der Waals surface area contributed by atoms with Crippen molar-refractivity contribution in [3.8, 4) is 11.8 Å². The first-order valence-corrected chi connectivity index (χ1v) is 8.96. The van der Waals surface area contributed by atoms with E-state index in [1.165, 1.54) is 6.08 Å². The molecule has 0 atom stereocenters. The lowest BCUT2D eigenvalue weighted by molar-refractivity contribution is -0.117. The van der Waals surface area contributed by atoms with E-state index in [-0.39, 0.29) is 24.7 Å². The molecule has 1 N–H and O–H groups in total. The monoisotopic (exact) mass is 341 g/mol. The zero-order valence-electron chi connectivity index (χ0n) is 12.8. The highest BCUT2D eigenvalue weighted by molar-refractivity contribution is 7.90. The van der Waals surface area contributed by atoms with Gasteiger partial charge in [-0.2, -0.15) is 0 Å². The topological polar surface area (TPSA) is 78.8 Å². The first-order chi connectivity index (χ1) is 11.5. The summed E-state index contributed by atoms with van der Waals surface area (Å²) in [6, 6.07) is 9.51. The van der Waals surface area contributed by atoms with Crippen molar-refractivity contribution in [3.63, 3.8) is 0 Å². The molecule has 0 fully saturated rings. The number of hydrogen-bond acceptors (Lipinski definition) is 4. The lowest BCUT2D eigenvalue weighted by Crippen LogP contribution is -2.38. The Balaban J connectivity index is 1.60. The Bertz CT molecular complexity index is 903. The number of nitrogens with one attached hydrogen (secondary N) is 1. The van der Waals surface area contributed by atoms with Crippen molar-refractivity contribution in [1.82, 2.24) is 10.2 Å². The number of benzene rings is 1. The number of fused-ring (bicyclic) bond motifs is 1. The lowest BCUT2D eigenvalue weighted by Gasteiger charge is -2.26. The molecule has 24 heavy (non-hydrogen) atoms. The molecule has 2 aliphatic rings. The molecule has 3 rings (SSSR count). The Hall–Kier alpha value is -2.85. The van der Waals surface area contributed by atoms with Crippen molar-refractivity contribution in [1.29, 1.82) is 0 Å². The maximum absolute atomic E-state index is 12.1. The second kappa shape index (κ2) is 6.72. The maximum atomic E-state index is 12.1. The molecule has 6 nitrogen and oxygen atoms in total. The number of carbonyl (C=O) groups is 1. The molecule has 0 radical (unpaired) electrons. The van der Waals surface area contributed by atoms with Crippen LogP contribution in [0.25, 0.3) is 0 Å². The molecule has 1 aromatic rings. The summed E-state index contributed by atoms with van der Waals surface area (Å²) in [7, 11) is -3.39. The van der Waals surface area contributed by atoms with Crippen LogP contribution in [0.4, 0.5) is 0 Å². The fraction of sp³-hybridized carbons (Fsp3) is 0.176. The van der Waals surface area contributed by atoms with Gasteiger partial charge < -0.3 is 10.2 Å². The van der Waals surface area contributed by atoms with Crippen LogP contribution in [0.1, 0.15) is 5.56 Å². The molecule has 0 bridgehead atoms. The molecule has 0 unspecified atom stereocenters. The highest BCUT2D eigenvalue weighted by Crippen LogP contribution is 2.15. The molecular weight excluding hydrogens is 326 g/mol. The Morgan fingerprint density at radius 3 is 2.83 bits per heavy atom. The van der Waals surface area contributed by atoms with E-state index >= 15 is 0 Å². The number of hydrogen-bond donors (Lipinski definition) is 1. The van der Waals surface area contributed by atoms with Crippen LogP contribution in [0.5, 0.6) is 0 Å². The number of amidine groups is 1. The highest BCUT2D eigenvalue weighted by Gasteiger charge is 2.24. The van der Waals surface area contributed by atoms with Gasteiger partial charge in [0.15, 0.2) is 0 Å². The zero-order valence-corrected chi connectivity index (χ0v) is 13.6. The molecule has 1 aromatic carbocycles. The Kier molecular flexibility index (Phi) is 4.49. The minimum absolute atomic E-state index is 0.0573. The summed E-state index contributed by atoms with van der Waals surface area (Å²) < 4.78 is 26.6. The quantitative estimate of drug-likeness (QED) is 0.801. The van der Waals surface area contributed by atoms with Crippen molar-refractivity contribution in [2.75, 3.05) is 18.8 Å². The van der Waals surface area contributed by atoms with Crippen LogP contribution in [0, 0.1) is 11.8 Å². The first kappa shape index (κ1) is 16.0. The third kappa shape index (κ3) is 3.91. The molecule has 0 spiro atoms. The Morgan fingerprint density at radius 1 is 1.25 bits per heavy atom. The largest absolute Gasteiger partial charge is 0.341 e. The molecule has 122 valence electrons. The van der Waals surface area contributed by atoms with Gasteiger partial charge in [-0.1, -0.05) is 30.0 Å². The first-order valence-electron chi connectivity index (χ1n) is 7.35. The van der Waals surface area contributed by atoms with Crippen LogP contribution in [-0.4, -0.2) is 43.9 Å². The summed E-state index contributed by atoms with van der Waals surface area (Å²) in [5.74, 6) is 5.86. The van der Waals surface area contributed by atoms with Crippen molar-refractivity contribution in [2.45, 2.75) is 0 Å². The van der Waals surface area contributed by atoms with Gasteiger partial charge in [-0.05, 0) is 24.3 Å². The second-order valence-electron chi connectivity index (χ2n) is 5.20. The Morgan fingerprint density at radius 2 is 2.04 bits per heavy atom. The summed E-state index contributed by atoms with van der Waals surface area (Å²) in [5.41, 5.74) is 1.33. The predicted octanol–water partition coefficient (Wildman–Crippen LogP) is 0.652. The summed E-state index contributed by atoms with van der Waals surface area (Å²) >= 11 is 0. The van der Waals surface area contributed by atoms with Gasteiger partial charge in [-0.15, -0.1) is 4.40 Å². The van der Waals surface area contributed by atoms with Crippen LogP contribution in [0.3, 0.4) is 0 Å². The molecule has 7 heteroatoms. The van der Waals surface area contributed by atoms with Crippen LogP contribution < -0.4 is 5.32 Å². The molecule has 0 aromatic heterocycles. The van der Waals surface area contributed by atoms with Gasteiger partial charge in [0.2, 0.25) is 0 Å². The fourth-order valence-corrected chi connectivity index (χ4v) is 3.20. The number of sulfonamides is 1. The Labute approximate surface area is 140 Å². The van der Waals surface area contributed by atoms with E-state index in [1.807, 2.05) is 30.3 Å². The molecule has 2 aliphatic heterocycles. The van der Waals surface area contributed by atoms with E-state index in [4.69, 9.17) is 0 Å². The molecule has 2 heterocycles. The summed E-state index contributed by atoms with van der Waals surface area (Å²) in [4.78, 5) is 13.8. The highest BCUT2D eigenvalue weighted by atomic mass is 32.2. The fourth-order valence-electron chi connectivity index (χ4n) is 2.23. The van der Waals surface area contributed by atoms with Gasteiger partial charge in [-0.25, -0.2) is 8.42 Å². The summed E-state index contributed by atoms with van der Waals surface area (Å²) in [6.45, 7) is 0.518. The molecular formula is C17H15N3O3S. The lowest BCUT2D eigenvalue weighted by atomic mass is 10.2. The van der Waals surface area contributed by atoms with Gasteiger partial charge in [0.25, 0.3) is 15.9 Å². The normalized spacial score (nSPS) is 17.8. The van der Waals surface area contributed by atoms with Crippen molar-refractivity contribution in [3.05, 3.63) is 59.8 Å². The van der Waals surface area contributed by atoms with E-state index < -0.39 is 10.0 Å². The SMILES string of the molecule is O=C(NCC#Cc1ccccc1)C1=CN2CCS(=O)(=O)N=C2C=C1. The standard InChI is InChI=1S/C17H15N3O3S/c21-17(18-10-4-7-14-5-2-1-3-6-14)15-8-9-16-19-24(22,23)12-11-20(16)13-15/h1-3,5-6,8-9,13H,10-12H2,(H,18,21). The van der Waals surface area contributed by atoms with Gasteiger partial charge in [0.1, 0.15) is 5.84 Å². The van der Waals surface area contributed by atoms with Crippen LogP contribution in [0.15, 0.2) is 58.7 Å². The second-order valence-corrected chi connectivity index (χ2v) is 6.95. The third-order valence-electron chi connectivity index (χ3n) is 3.43. The van der Waals surface area contributed by atoms with Crippen molar-refractivity contribution in [2.24, 2.45) is 4.40 Å². The van der Waals surface area contributed by atoms with E-state index in [0.717, 1.165) is 5.56 Å².